The van der Waals surface area contributed by atoms with Crippen molar-refractivity contribution >= 4 is 5.97 Å². The second-order valence-electron chi connectivity index (χ2n) is 6.31. The predicted octanol–water partition coefficient (Wildman–Crippen LogP) is 4.57. The molecule has 21 heavy (non-hydrogen) atoms. The minimum absolute atomic E-state index is 0.576. The minimum Gasteiger partial charge on any atom is -0.481 e. The van der Waals surface area contributed by atoms with Gasteiger partial charge < -0.3 is 10.2 Å². The molecule has 0 spiro atoms. The summed E-state index contributed by atoms with van der Waals surface area (Å²) in [6.07, 6.45) is 8.34. The topological polar surface area (TPSA) is 57.5 Å². The number of carboxylic acids is 1. The normalized spacial score (nSPS) is 17.4. The van der Waals surface area contributed by atoms with E-state index in [-0.39, 0.29) is 0 Å². The number of hydrogen-bond acceptors (Lipinski definition) is 2. The third kappa shape index (κ3) is 9.46. The van der Waals surface area contributed by atoms with Gasteiger partial charge in [-0.3, -0.25) is 4.79 Å². The first-order valence-electron chi connectivity index (χ1n) is 7.98. The first kappa shape index (κ1) is 19.9. The van der Waals surface area contributed by atoms with Gasteiger partial charge in [0.2, 0.25) is 0 Å². The summed E-state index contributed by atoms with van der Waals surface area (Å²) >= 11 is 0. The highest BCUT2D eigenvalue weighted by atomic mass is 16.4. The Bertz CT molecular complexity index is 369. The third-order valence-electron chi connectivity index (χ3n) is 4.01. The van der Waals surface area contributed by atoms with Gasteiger partial charge in [-0.05, 0) is 46.5 Å². The van der Waals surface area contributed by atoms with Gasteiger partial charge in [0.25, 0.3) is 0 Å². The van der Waals surface area contributed by atoms with Gasteiger partial charge in [-0.2, -0.15) is 0 Å². The molecular weight excluding hydrogens is 264 g/mol. The summed E-state index contributed by atoms with van der Waals surface area (Å²) in [5, 5.41) is 18.5. The number of aliphatic carboxylic acids is 1. The molecule has 3 nitrogen and oxygen atoms in total. The van der Waals surface area contributed by atoms with Crippen LogP contribution < -0.4 is 0 Å². The Hall–Kier alpha value is -1.09. The van der Waals surface area contributed by atoms with Crippen molar-refractivity contribution in [2.75, 3.05) is 0 Å². The summed E-state index contributed by atoms with van der Waals surface area (Å²) in [4.78, 5) is 10.7. The highest BCUT2D eigenvalue weighted by Gasteiger charge is 2.20. The summed E-state index contributed by atoms with van der Waals surface area (Å²) in [5.74, 6) is -0.965. The summed E-state index contributed by atoms with van der Waals surface area (Å²) < 4.78 is 0. The number of hydrogen-bond donors (Lipinski definition) is 2. The lowest BCUT2D eigenvalue weighted by molar-refractivity contribution is -0.144. The number of carboxylic acid groups (broad SMARTS) is 1. The van der Waals surface area contributed by atoms with Crippen molar-refractivity contribution in [1.82, 2.24) is 0 Å². The smallest absolute Gasteiger partial charge is 0.308 e. The van der Waals surface area contributed by atoms with Crippen molar-refractivity contribution in [2.24, 2.45) is 11.8 Å². The standard InChI is InChI=1S/C18H32O3/c1-6-13(2)11-15(4)12-14(3)9-7-8-10-17(19)16(5)18(20)21/h6,11,14,16-17,19H,7-10,12H2,1-5H3,(H,20,21). The van der Waals surface area contributed by atoms with Gasteiger partial charge in [-0.25, -0.2) is 0 Å². The largest absolute Gasteiger partial charge is 0.481 e. The number of aliphatic hydroxyl groups is 1. The van der Waals surface area contributed by atoms with Crippen molar-refractivity contribution in [3.8, 4) is 0 Å². The summed E-state index contributed by atoms with van der Waals surface area (Å²) in [6.45, 7) is 10.1. The van der Waals surface area contributed by atoms with Crippen LogP contribution in [0.1, 0.15) is 66.7 Å². The van der Waals surface area contributed by atoms with Crippen LogP contribution in [-0.4, -0.2) is 22.3 Å². The molecule has 0 rings (SSSR count). The third-order valence-corrected chi connectivity index (χ3v) is 4.01. The quantitative estimate of drug-likeness (QED) is 0.459. The lowest BCUT2D eigenvalue weighted by Gasteiger charge is -2.16. The molecule has 0 amide bonds. The van der Waals surface area contributed by atoms with Gasteiger partial charge >= 0.3 is 5.97 Å². The van der Waals surface area contributed by atoms with Crippen LogP contribution in [0.25, 0.3) is 0 Å². The molecular formula is C18H32O3. The van der Waals surface area contributed by atoms with E-state index in [0.717, 1.165) is 25.7 Å². The highest BCUT2D eigenvalue weighted by Crippen LogP contribution is 2.20. The number of rotatable bonds is 10. The monoisotopic (exact) mass is 296 g/mol. The van der Waals surface area contributed by atoms with Gasteiger partial charge in [-0.15, -0.1) is 0 Å². The molecule has 122 valence electrons. The lowest BCUT2D eigenvalue weighted by atomic mass is 9.93. The molecule has 0 fully saturated rings. The molecule has 0 bridgehead atoms. The molecule has 0 aromatic carbocycles. The fourth-order valence-electron chi connectivity index (χ4n) is 2.44. The molecule has 0 saturated heterocycles. The van der Waals surface area contributed by atoms with Crippen molar-refractivity contribution in [2.45, 2.75) is 72.8 Å². The number of unbranched alkanes of at least 4 members (excludes halogenated alkanes) is 1. The number of allylic oxidation sites excluding steroid dienone is 4. The van der Waals surface area contributed by atoms with Crippen LogP contribution in [-0.2, 0) is 4.79 Å². The molecule has 0 aromatic rings. The van der Waals surface area contributed by atoms with Gasteiger partial charge in [-0.1, -0.05) is 49.5 Å². The van der Waals surface area contributed by atoms with Crippen LogP contribution in [0.5, 0.6) is 0 Å². The van der Waals surface area contributed by atoms with Crippen LogP contribution in [0.3, 0.4) is 0 Å². The zero-order valence-corrected chi connectivity index (χ0v) is 14.2. The van der Waals surface area contributed by atoms with E-state index in [1.54, 1.807) is 6.92 Å². The van der Waals surface area contributed by atoms with Gasteiger partial charge in [0.1, 0.15) is 0 Å². The van der Waals surface area contributed by atoms with E-state index >= 15 is 0 Å². The molecule has 0 radical (unpaired) electrons. The zero-order valence-electron chi connectivity index (χ0n) is 14.2. The van der Waals surface area contributed by atoms with E-state index in [1.165, 1.54) is 11.1 Å². The summed E-state index contributed by atoms with van der Waals surface area (Å²) in [5.41, 5.74) is 2.70. The van der Waals surface area contributed by atoms with Gasteiger partial charge in [0, 0.05) is 0 Å². The van der Waals surface area contributed by atoms with E-state index in [9.17, 15) is 9.90 Å². The molecule has 0 aliphatic rings. The number of aliphatic hydroxyl groups excluding tert-OH is 1. The van der Waals surface area contributed by atoms with Crippen LogP contribution in [0.15, 0.2) is 23.3 Å². The second kappa shape index (κ2) is 10.6. The van der Waals surface area contributed by atoms with Crippen molar-refractivity contribution in [3.05, 3.63) is 23.3 Å². The molecule has 0 aliphatic heterocycles. The Balaban J connectivity index is 3.93. The molecule has 3 unspecified atom stereocenters. The van der Waals surface area contributed by atoms with Crippen LogP contribution in [0.2, 0.25) is 0 Å². The Morgan fingerprint density at radius 3 is 2.24 bits per heavy atom. The molecule has 0 saturated carbocycles. The maximum atomic E-state index is 10.7. The Labute approximate surface area is 129 Å². The fraction of sp³-hybridized carbons (Fsp3) is 0.722. The lowest BCUT2D eigenvalue weighted by Crippen LogP contribution is -2.25. The molecule has 3 atom stereocenters. The zero-order chi connectivity index (χ0) is 16.4. The average Bonchev–Trinajstić information content (AvgIpc) is 2.41. The maximum Gasteiger partial charge on any atom is 0.308 e. The maximum absolute atomic E-state index is 10.7. The average molecular weight is 296 g/mol. The predicted molar refractivity (Wildman–Crippen MR) is 88.2 cm³/mol. The molecule has 0 aliphatic carbocycles. The highest BCUT2D eigenvalue weighted by molar-refractivity contribution is 5.70. The molecule has 3 heteroatoms. The first-order chi connectivity index (χ1) is 9.77. The Morgan fingerprint density at radius 1 is 1.14 bits per heavy atom. The summed E-state index contributed by atoms with van der Waals surface area (Å²) in [7, 11) is 0. The van der Waals surface area contributed by atoms with Crippen LogP contribution in [0.4, 0.5) is 0 Å². The van der Waals surface area contributed by atoms with Crippen molar-refractivity contribution in [1.29, 1.82) is 0 Å². The van der Waals surface area contributed by atoms with E-state index in [1.807, 2.05) is 6.92 Å². The fourth-order valence-corrected chi connectivity index (χ4v) is 2.44. The van der Waals surface area contributed by atoms with Crippen LogP contribution >= 0.6 is 0 Å². The van der Waals surface area contributed by atoms with Crippen molar-refractivity contribution < 1.29 is 15.0 Å². The van der Waals surface area contributed by atoms with E-state index in [2.05, 4.69) is 32.9 Å². The van der Waals surface area contributed by atoms with E-state index in [0.29, 0.717) is 12.3 Å². The summed E-state index contributed by atoms with van der Waals surface area (Å²) in [6, 6.07) is 0. The second-order valence-corrected chi connectivity index (χ2v) is 6.31. The van der Waals surface area contributed by atoms with Gasteiger partial charge in [0.15, 0.2) is 0 Å². The van der Waals surface area contributed by atoms with Crippen molar-refractivity contribution in [3.63, 3.8) is 0 Å². The number of carbonyl (C=O) groups is 1. The van der Waals surface area contributed by atoms with E-state index < -0.39 is 18.0 Å². The molecule has 2 N–H and O–H groups in total. The van der Waals surface area contributed by atoms with Gasteiger partial charge in [0.05, 0.1) is 12.0 Å². The minimum atomic E-state index is -0.920. The Kier molecular flexibility index (Phi) is 10.1. The Morgan fingerprint density at radius 2 is 1.71 bits per heavy atom. The first-order valence-corrected chi connectivity index (χ1v) is 7.98. The molecule has 0 heterocycles. The molecule has 0 aromatic heterocycles. The SMILES string of the molecule is CC=C(C)C=C(C)CC(C)CCCCC(O)C(C)C(=O)O. The van der Waals surface area contributed by atoms with E-state index in [4.69, 9.17) is 5.11 Å². The van der Waals surface area contributed by atoms with Crippen LogP contribution in [0, 0.1) is 11.8 Å².